The summed E-state index contributed by atoms with van der Waals surface area (Å²) in [4.78, 5) is 35.8. The van der Waals surface area contributed by atoms with E-state index < -0.39 is 17.9 Å². The first-order valence-electron chi connectivity index (χ1n) is 13.6. The Bertz CT molecular complexity index is 1400. The quantitative estimate of drug-likeness (QED) is 0.302. The number of aliphatic carboxylic acids is 3. The summed E-state index contributed by atoms with van der Waals surface area (Å²) in [5.74, 6) is -2.00. The predicted molar refractivity (Wildman–Crippen MR) is 162 cm³/mol. The third-order valence-electron chi connectivity index (χ3n) is 5.79. The molecule has 2 heterocycles. The van der Waals surface area contributed by atoms with E-state index in [0.717, 1.165) is 54.4 Å². The number of aromatic hydroxyl groups is 2. The van der Waals surface area contributed by atoms with E-state index >= 15 is 0 Å². The van der Waals surface area contributed by atoms with Crippen molar-refractivity contribution in [1.82, 2.24) is 9.97 Å². The number of rotatable bonds is 5. The molecule has 0 fully saturated rings. The predicted octanol–water partition coefficient (Wildman–Crippen LogP) is 3.40. The number of carboxylic acids is 3. The molecule has 0 amide bonds. The maximum absolute atomic E-state index is 10.3. The molecule has 2 N–H and O–H groups in total. The van der Waals surface area contributed by atoms with Crippen LogP contribution in [0.25, 0.3) is 33.6 Å². The minimum atomic E-state index is -1.08. The molecule has 0 aliphatic carbocycles. The number of benzene rings is 2. The first-order chi connectivity index (χ1) is 20.5. The van der Waals surface area contributed by atoms with Crippen molar-refractivity contribution in [3.8, 4) is 45.1 Å². The van der Waals surface area contributed by atoms with Gasteiger partial charge in [0, 0.05) is 52.6 Å². The molecule has 4 rings (SSSR count). The van der Waals surface area contributed by atoms with Crippen LogP contribution in [-0.2, 0) is 31.5 Å². The van der Waals surface area contributed by atoms with Crippen molar-refractivity contribution in [3.63, 3.8) is 0 Å². The van der Waals surface area contributed by atoms with E-state index in [1.165, 1.54) is 11.1 Å². The van der Waals surface area contributed by atoms with Gasteiger partial charge in [-0.1, -0.05) is 52.0 Å². The van der Waals surface area contributed by atoms with E-state index in [2.05, 4.69) is 37.7 Å². The Morgan fingerprint density at radius 1 is 0.578 bits per heavy atom. The van der Waals surface area contributed by atoms with Gasteiger partial charge in [-0.2, -0.15) is 0 Å². The smallest absolute Gasteiger partial charge is 0.550 e. The topological polar surface area (TPSA) is 187 Å². The molecule has 0 saturated carbocycles. The Balaban J connectivity index is 0.00000128. The van der Waals surface area contributed by atoms with Crippen LogP contribution in [0, 0.1) is 0 Å². The maximum Gasteiger partial charge on any atom is 3.00 e. The Kier molecular flexibility index (Phi) is 17.5. The molecule has 10 nitrogen and oxygen atoms in total. The Morgan fingerprint density at radius 2 is 0.867 bits per heavy atom. The van der Waals surface area contributed by atoms with Crippen LogP contribution in [0.1, 0.15) is 71.4 Å². The van der Waals surface area contributed by atoms with E-state index in [9.17, 15) is 10.2 Å². The van der Waals surface area contributed by atoms with Gasteiger partial charge in [-0.25, -0.2) is 0 Å². The molecular weight excluding hydrogens is 619 g/mol. The third kappa shape index (κ3) is 14.5. The van der Waals surface area contributed by atoms with Gasteiger partial charge in [-0.15, -0.1) is 0 Å². The van der Waals surface area contributed by atoms with Crippen LogP contribution < -0.4 is 15.3 Å². The zero-order chi connectivity index (χ0) is 33.6. The van der Waals surface area contributed by atoms with Gasteiger partial charge in [0.2, 0.25) is 0 Å². The minimum Gasteiger partial charge on any atom is -0.550 e. The molecule has 45 heavy (non-hydrogen) atoms. The summed E-state index contributed by atoms with van der Waals surface area (Å²) < 4.78 is 0. The Hall–Kier alpha value is -4.73. The second-order valence-electron chi connectivity index (χ2n) is 10.2. The summed E-state index contributed by atoms with van der Waals surface area (Å²) in [6, 6.07) is 19.1. The van der Waals surface area contributed by atoms with Gasteiger partial charge >= 0.3 is 17.1 Å². The number of phenols is 2. The summed E-state index contributed by atoms with van der Waals surface area (Å²) in [7, 11) is 0. The van der Waals surface area contributed by atoms with E-state index in [4.69, 9.17) is 29.7 Å². The van der Waals surface area contributed by atoms with Crippen molar-refractivity contribution in [3.05, 3.63) is 84.2 Å². The van der Waals surface area contributed by atoms with Crippen molar-refractivity contribution in [2.45, 2.75) is 60.3 Å². The third-order valence-corrected chi connectivity index (χ3v) is 5.79. The van der Waals surface area contributed by atoms with Crippen molar-refractivity contribution < 1.29 is 57.0 Å². The number of hydrogen-bond donors (Lipinski definition) is 2. The maximum atomic E-state index is 10.3. The van der Waals surface area contributed by atoms with Crippen LogP contribution >= 0.6 is 0 Å². The van der Waals surface area contributed by atoms with Gasteiger partial charge < -0.3 is 39.9 Å². The van der Waals surface area contributed by atoms with Gasteiger partial charge in [0.05, 0.1) is 11.4 Å². The number of carboxylic acid groups (broad SMARTS) is 3. The van der Waals surface area contributed by atoms with E-state index in [0.29, 0.717) is 11.8 Å². The first-order valence-corrected chi connectivity index (χ1v) is 13.6. The van der Waals surface area contributed by atoms with Crippen LogP contribution in [-0.4, -0.2) is 38.1 Å². The fourth-order valence-electron chi connectivity index (χ4n) is 3.70. The summed E-state index contributed by atoms with van der Waals surface area (Å²) in [5.41, 5.74) is 7.12. The monoisotopic (exact) mass is 656 g/mol. The molecule has 0 atom stereocenters. The Labute approximate surface area is 273 Å². The van der Waals surface area contributed by atoms with Crippen molar-refractivity contribution in [2.75, 3.05) is 0 Å². The molecule has 0 saturated heterocycles. The normalized spacial score (nSPS) is 9.71. The zero-order valence-corrected chi connectivity index (χ0v) is 27.4. The molecular formula is C34H37MnN2O8. The number of nitrogens with zero attached hydrogens (tertiary/aromatic N) is 2. The molecule has 4 aromatic rings. The molecule has 0 aliphatic heterocycles. The van der Waals surface area contributed by atoms with Gasteiger partial charge in [-0.05, 0) is 80.1 Å². The van der Waals surface area contributed by atoms with Crippen LogP contribution in [0.4, 0.5) is 0 Å². The summed E-state index contributed by atoms with van der Waals surface area (Å²) in [6.45, 7) is 11.4. The number of aromatic nitrogens is 2. The minimum absolute atomic E-state index is 0. The number of carbonyl (C=O) groups excluding carboxylic acids is 3. The van der Waals surface area contributed by atoms with Gasteiger partial charge in [0.1, 0.15) is 11.5 Å². The molecule has 2 aromatic heterocycles. The van der Waals surface area contributed by atoms with Crippen molar-refractivity contribution >= 4 is 17.9 Å². The Morgan fingerprint density at radius 3 is 1.09 bits per heavy atom. The number of phenolic OH excluding ortho intramolecular Hbond substituents is 2. The average molecular weight is 657 g/mol. The van der Waals surface area contributed by atoms with Crippen LogP contribution in [0.2, 0.25) is 0 Å². The fourth-order valence-corrected chi connectivity index (χ4v) is 3.70. The summed E-state index contributed by atoms with van der Waals surface area (Å²) >= 11 is 0. The summed E-state index contributed by atoms with van der Waals surface area (Å²) in [5, 5.41) is 47.3. The zero-order valence-electron chi connectivity index (χ0n) is 26.2. The standard InChI is InChI=1S/C28H28N2O2.3C2H4O2.Mn/c1-17(2)19-7-11-27(31)23(13-19)21-5-9-25(29-15-21)26-10-6-22(16-30-26)24-14-20(18(3)4)8-12-28(24)32;3*1-2(3)4;/h5-18,31-32H,1-4H3;3*1H3,(H,3,4);/q;;;;+3/p-3. The molecule has 0 aliphatic rings. The average Bonchev–Trinajstić information content (AvgIpc) is 2.93. The van der Waals surface area contributed by atoms with E-state index in [1.54, 1.807) is 24.5 Å². The van der Waals surface area contributed by atoms with Gasteiger partial charge in [-0.3, -0.25) is 9.97 Å². The van der Waals surface area contributed by atoms with Crippen molar-refractivity contribution in [2.24, 2.45) is 0 Å². The number of pyridine rings is 2. The second-order valence-corrected chi connectivity index (χ2v) is 10.2. The number of hydrogen-bond acceptors (Lipinski definition) is 10. The van der Waals surface area contributed by atoms with Crippen LogP contribution in [0.15, 0.2) is 73.1 Å². The molecule has 2 aromatic carbocycles. The largest absolute Gasteiger partial charge is 3.00 e. The van der Waals surface area contributed by atoms with E-state index in [-0.39, 0.29) is 28.6 Å². The molecule has 0 unspecified atom stereocenters. The summed E-state index contributed by atoms with van der Waals surface area (Å²) in [6.07, 6.45) is 3.53. The molecule has 11 heteroatoms. The van der Waals surface area contributed by atoms with Crippen LogP contribution in [0.3, 0.4) is 0 Å². The second kappa shape index (κ2) is 19.5. The fraction of sp³-hybridized carbons (Fsp3) is 0.265. The van der Waals surface area contributed by atoms with E-state index in [1.807, 2.05) is 48.5 Å². The molecule has 0 radical (unpaired) electrons. The first kappa shape index (κ1) is 40.3. The number of carbonyl (C=O) groups is 3. The van der Waals surface area contributed by atoms with Crippen LogP contribution in [0.5, 0.6) is 11.5 Å². The van der Waals surface area contributed by atoms with Crippen molar-refractivity contribution in [1.29, 1.82) is 0 Å². The molecule has 238 valence electrons. The van der Waals surface area contributed by atoms with Gasteiger partial charge in [0.25, 0.3) is 0 Å². The molecule has 0 bridgehead atoms. The van der Waals surface area contributed by atoms with Gasteiger partial charge in [0.15, 0.2) is 0 Å². The molecule has 0 spiro atoms. The SMILES string of the molecule is CC(=O)[O-].CC(=O)[O-].CC(=O)[O-].CC(C)c1ccc(O)c(-c2ccc(-c3ccc(-c4cc(C(C)C)ccc4O)cn3)nc2)c1.[Mn+3].